The van der Waals surface area contributed by atoms with Gasteiger partial charge in [0.05, 0.1) is 19.5 Å². The Morgan fingerprint density at radius 1 is 1.24 bits per heavy atom. The van der Waals surface area contributed by atoms with Gasteiger partial charge in [0.25, 0.3) is 0 Å². The van der Waals surface area contributed by atoms with Crippen LogP contribution in [0.3, 0.4) is 0 Å². The van der Waals surface area contributed by atoms with Crippen molar-refractivity contribution in [2.75, 3.05) is 12.3 Å². The Balaban J connectivity index is 2.28. The van der Waals surface area contributed by atoms with Crippen LogP contribution >= 0.6 is 0 Å². The molecule has 2 atom stereocenters. The standard InChI is InChI=1S/C9H13N5O3/c10-8-7-9(12-3-11-8)14(4-13-7)1-5(16)6(17)2-15/h3-6,15-17H,1-2H2,(H2,10,11,12)/t5-,6+/m1/s1. The van der Waals surface area contributed by atoms with Gasteiger partial charge in [-0.1, -0.05) is 0 Å². The zero-order chi connectivity index (χ0) is 12.4. The molecule has 0 saturated heterocycles. The van der Waals surface area contributed by atoms with Crippen molar-refractivity contribution in [2.45, 2.75) is 18.8 Å². The molecule has 2 heterocycles. The van der Waals surface area contributed by atoms with E-state index in [1.54, 1.807) is 0 Å². The molecule has 0 aliphatic heterocycles. The molecule has 0 saturated carbocycles. The van der Waals surface area contributed by atoms with Crippen molar-refractivity contribution >= 4 is 17.0 Å². The minimum absolute atomic E-state index is 0.0642. The summed E-state index contributed by atoms with van der Waals surface area (Å²) < 4.78 is 1.54. The Labute approximate surface area is 96.4 Å². The van der Waals surface area contributed by atoms with Gasteiger partial charge < -0.3 is 25.6 Å². The quantitative estimate of drug-likeness (QED) is 0.491. The van der Waals surface area contributed by atoms with Gasteiger partial charge in [0, 0.05) is 0 Å². The van der Waals surface area contributed by atoms with Crippen molar-refractivity contribution in [1.29, 1.82) is 0 Å². The van der Waals surface area contributed by atoms with E-state index in [9.17, 15) is 10.2 Å². The summed E-state index contributed by atoms with van der Waals surface area (Å²) >= 11 is 0. The zero-order valence-corrected chi connectivity index (χ0v) is 8.93. The van der Waals surface area contributed by atoms with Crippen molar-refractivity contribution < 1.29 is 15.3 Å². The van der Waals surface area contributed by atoms with Crippen LogP contribution in [0.4, 0.5) is 5.82 Å². The van der Waals surface area contributed by atoms with Crippen LogP contribution in [-0.4, -0.2) is 53.7 Å². The third-order valence-corrected chi connectivity index (χ3v) is 2.44. The van der Waals surface area contributed by atoms with Gasteiger partial charge in [-0.2, -0.15) is 0 Å². The summed E-state index contributed by atoms with van der Waals surface area (Å²) in [6.07, 6.45) is 0.438. The second-order valence-electron chi connectivity index (χ2n) is 3.65. The minimum atomic E-state index is -1.20. The molecule has 8 heteroatoms. The Hall–Kier alpha value is -1.77. The lowest BCUT2D eigenvalue weighted by Gasteiger charge is -2.15. The van der Waals surface area contributed by atoms with Crippen LogP contribution in [0, 0.1) is 0 Å². The van der Waals surface area contributed by atoms with E-state index in [2.05, 4.69) is 15.0 Å². The average Bonchev–Trinajstić information content (AvgIpc) is 2.73. The number of fused-ring (bicyclic) bond motifs is 1. The highest BCUT2D eigenvalue weighted by Gasteiger charge is 2.17. The molecule has 0 aliphatic rings. The SMILES string of the molecule is Nc1ncnc2c1ncn2C[C@@H](O)[C@@H](O)CO. The van der Waals surface area contributed by atoms with E-state index in [0.717, 1.165) is 0 Å². The lowest BCUT2D eigenvalue weighted by molar-refractivity contribution is -0.0211. The summed E-state index contributed by atoms with van der Waals surface area (Å²) in [5.41, 5.74) is 6.52. The third-order valence-electron chi connectivity index (χ3n) is 2.44. The molecule has 0 aromatic carbocycles. The van der Waals surface area contributed by atoms with Gasteiger partial charge in [-0.15, -0.1) is 0 Å². The van der Waals surface area contributed by atoms with Gasteiger partial charge in [0.15, 0.2) is 11.5 Å². The van der Waals surface area contributed by atoms with E-state index in [-0.39, 0.29) is 12.4 Å². The van der Waals surface area contributed by atoms with E-state index in [1.165, 1.54) is 17.2 Å². The molecule has 17 heavy (non-hydrogen) atoms. The van der Waals surface area contributed by atoms with Crippen molar-refractivity contribution in [3.05, 3.63) is 12.7 Å². The molecule has 2 rings (SSSR count). The maximum atomic E-state index is 9.58. The van der Waals surface area contributed by atoms with Gasteiger partial charge in [-0.3, -0.25) is 0 Å². The molecular formula is C9H13N5O3. The summed E-state index contributed by atoms with van der Waals surface area (Å²) in [5.74, 6) is 0.256. The van der Waals surface area contributed by atoms with Gasteiger partial charge >= 0.3 is 0 Å². The highest BCUT2D eigenvalue weighted by Crippen LogP contribution is 2.14. The Bertz CT molecular complexity index is 514. The zero-order valence-electron chi connectivity index (χ0n) is 8.93. The highest BCUT2D eigenvalue weighted by molar-refractivity contribution is 5.81. The maximum absolute atomic E-state index is 9.58. The number of imidazole rings is 1. The lowest BCUT2D eigenvalue weighted by atomic mass is 10.2. The first kappa shape index (κ1) is 11.7. The predicted octanol–water partition coefficient (Wildman–Crippen LogP) is -1.88. The summed E-state index contributed by atoms with van der Waals surface area (Å²) in [6, 6.07) is 0. The number of hydrogen-bond donors (Lipinski definition) is 4. The fourth-order valence-corrected chi connectivity index (χ4v) is 1.48. The van der Waals surface area contributed by atoms with Crippen LogP contribution < -0.4 is 5.73 Å². The molecule has 0 aliphatic carbocycles. The van der Waals surface area contributed by atoms with E-state index >= 15 is 0 Å². The van der Waals surface area contributed by atoms with Gasteiger partial charge in [0.2, 0.25) is 0 Å². The second kappa shape index (κ2) is 4.62. The second-order valence-corrected chi connectivity index (χ2v) is 3.65. The summed E-state index contributed by atoms with van der Waals surface area (Å²) in [4.78, 5) is 11.8. The van der Waals surface area contributed by atoms with E-state index in [1.807, 2.05) is 0 Å². The molecule has 92 valence electrons. The summed E-state index contributed by atoms with van der Waals surface area (Å²) in [6.45, 7) is -0.445. The summed E-state index contributed by atoms with van der Waals surface area (Å²) in [7, 11) is 0. The summed E-state index contributed by atoms with van der Waals surface area (Å²) in [5, 5.41) is 27.6. The average molecular weight is 239 g/mol. The van der Waals surface area contributed by atoms with Gasteiger partial charge in [-0.25, -0.2) is 15.0 Å². The van der Waals surface area contributed by atoms with Gasteiger partial charge in [0.1, 0.15) is 24.1 Å². The molecule has 0 spiro atoms. The molecule has 2 aromatic rings. The Morgan fingerprint density at radius 3 is 2.71 bits per heavy atom. The number of aliphatic hydroxyl groups excluding tert-OH is 3. The molecule has 0 fully saturated rings. The van der Waals surface area contributed by atoms with Crippen LogP contribution in [0.2, 0.25) is 0 Å². The van der Waals surface area contributed by atoms with Crippen molar-refractivity contribution in [2.24, 2.45) is 0 Å². The molecular weight excluding hydrogens is 226 g/mol. The number of nitrogen functional groups attached to an aromatic ring is 1. The number of nitrogens with two attached hydrogens (primary N) is 1. The van der Waals surface area contributed by atoms with Crippen LogP contribution in [0.1, 0.15) is 0 Å². The maximum Gasteiger partial charge on any atom is 0.165 e. The van der Waals surface area contributed by atoms with E-state index < -0.39 is 18.8 Å². The topological polar surface area (TPSA) is 130 Å². The molecule has 2 aromatic heterocycles. The monoisotopic (exact) mass is 239 g/mol. The molecule has 0 radical (unpaired) electrons. The fourth-order valence-electron chi connectivity index (χ4n) is 1.48. The van der Waals surface area contributed by atoms with E-state index in [4.69, 9.17) is 10.8 Å². The van der Waals surface area contributed by atoms with Crippen molar-refractivity contribution in [1.82, 2.24) is 19.5 Å². The lowest BCUT2D eigenvalue weighted by Crippen LogP contribution is -2.33. The van der Waals surface area contributed by atoms with Crippen LogP contribution in [0.5, 0.6) is 0 Å². The molecule has 0 unspecified atom stereocenters. The highest BCUT2D eigenvalue weighted by atomic mass is 16.4. The Kier molecular flexibility index (Phi) is 3.18. The number of nitrogens with zero attached hydrogens (tertiary/aromatic N) is 4. The molecule has 0 amide bonds. The first-order valence-corrected chi connectivity index (χ1v) is 5.01. The van der Waals surface area contributed by atoms with Crippen molar-refractivity contribution in [3.63, 3.8) is 0 Å². The number of anilines is 1. The van der Waals surface area contributed by atoms with Crippen molar-refractivity contribution in [3.8, 4) is 0 Å². The number of aromatic nitrogens is 4. The number of aliphatic hydroxyl groups is 3. The molecule has 5 N–H and O–H groups in total. The van der Waals surface area contributed by atoms with Crippen LogP contribution in [-0.2, 0) is 6.54 Å². The Morgan fingerprint density at radius 2 is 2.00 bits per heavy atom. The van der Waals surface area contributed by atoms with Crippen LogP contribution in [0.25, 0.3) is 11.2 Å². The first-order valence-electron chi connectivity index (χ1n) is 5.01. The largest absolute Gasteiger partial charge is 0.394 e. The van der Waals surface area contributed by atoms with E-state index in [0.29, 0.717) is 11.2 Å². The smallest absolute Gasteiger partial charge is 0.165 e. The minimum Gasteiger partial charge on any atom is -0.394 e. The molecule has 0 bridgehead atoms. The third kappa shape index (κ3) is 2.18. The predicted molar refractivity (Wildman–Crippen MR) is 58.8 cm³/mol. The number of hydrogen-bond acceptors (Lipinski definition) is 7. The number of rotatable bonds is 4. The van der Waals surface area contributed by atoms with Crippen LogP contribution in [0.15, 0.2) is 12.7 Å². The fraction of sp³-hybridized carbons (Fsp3) is 0.444. The first-order chi connectivity index (χ1) is 8.13. The molecule has 8 nitrogen and oxygen atoms in total. The normalized spacial score (nSPS) is 15.0. The van der Waals surface area contributed by atoms with Gasteiger partial charge in [-0.05, 0) is 0 Å².